The second kappa shape index (κ2) is 2.81. The largest absolute Gasteiger partial charge is 0.327 e. The first kappa shape index (κ1) is 9.68. The molecule has 2 rings (SSSR count). The van der Waals surface area contributed by atoms with Gasteiger partial charge >= 0.3 is 10.0 Å². The lowest BCUT2D eigenvalue weighted by molar-refractivity contribution is -0.634. The highest BCUT2D eigenvalue weighted by atomic mass is 32.2. The van der Waals surface area contributed by atoms with E-state index in [1.165, 1.54) is 0 Å². The topological polar surface area (TPSA) is 34.1 Å². The second-order valence-corrected chi connectivity index (χ2v) is 6.34. The number of rotatable bonds is 2. The molecule has 0 aliphatic carbocycles. The van der Waals surface area contributed by atoms with Gasteiger partial charge in [0.2, 0.25) is 0 Å². The van der Waals surface area contributed by atoms with E-state index in [-0.39, 0.29) is 3.89 Å². The van der Waals surface area contributed by atoms with Gasteiger partial charge in [-0.3, -0.25) is 0 Å². The molecule has 0 amide bonds. The highest BCUT2D eigenvalue weighted by Crippen LogP contribution is 2.29. The van der Waals surface area contributed by atoms with Crippen LogP contribution < -0.4 is 0 Å². The average Bonchev–Trinajstić information content (AvgIpc) is 2.86. The Bertz CT molecular complexity index is 444. The van der Waals surface area contributed by atoms with Gasteiger partial charge in [-0.05, 0) is 19.1 Å². The number of hydrogen-bond donors (Lipinski definition) is 0. The molecule has 0 N–H and O–H groups in total. The van der Waals surface area contributed by atoms with Crippen LogP contribution in [0.3, 0.4) is 0 Å². The first-order chi connectivity index (χ1) is 6.46. The van der Waals surface area contributed by atoms with Gasteiger partial charge in [0.05, 0.1) is 7.05 Å². The molecule has 0 aromatic heterocycles. The first-order valence-corrected chi connectivity index (χ1v) is 6.06. The minimum absolute atomic E-state index is 0.163. The lowest BCUT2D eigenvalue weighted by Crippen LogP contribution is -2.28. The van der Waals surface area contributed by atoms with Gasteiger partial charge in [0.15, 0.2) is 0 Å². The Labute approximate surface area is 84.6 Å². The third-order valence-corrected chi connectivity index (χ3v) is 5.15. The number of likely N-dealkylation sites (N-methyl/N-ethyl adjacent to an activating group) is 1. The van der Waals surface area contributed by atoms with E-state index in [1.54, 1.807) is 19.2 Å². The van der Waals surface area contributed by atoms with Crippen molar-refractivity contribution >= 4 is 10.0 Å². The minimum atomic E-state index is -3.14. The molecule has 1 fully saturated rings. The highest BCUT2D eigenvalue weighted by Gasteiger charge is 2.50. The van der Waals surface area contributed by atoms with Crippen LogP contribution in [0.5, 0.6) is 0 Å². The molecule has 1 heterocycles. The van der Waals surface area contributed by atoms with E-state index >= 15 is 0 Å². The fourth-order valence-electron chi connectivity index (χ4n) is 1.35. The number of nitrogens with zero attached hydrogens (tertiary/aromatic N) is 1. The standard InChI is InChI=1S/C10H14NO2S/c1-9-3-5-10(6-4-9)14(12,13)11(2)7-8-11/h3-6H,7-8H2,1-2H3/q+1. The van der Waals surface area contributed by atoms with E-state index < -0.39 is 10.0 Å². The Hall–Kier alpha value is -0.870. The molecule has 0 saturated carbocycles. The molecule has 1 aromatic rings. The predicted octanol–water partition coefficient (Wildman–Crippen LogP) is 1.14. The smallest absolute Gasteiger partial charge is 0.207 e. The fourth-order valence-corrected chi connectivity index (χ4v) is 2.90. The number of aryl methyl sites for hydroxylation is 1. The summed E-state index contributed by atoms with van der Waals surface area (Å²) in [6.07, 6.45) is 0. The second-order valence-electron chi connectivity index (χ2n) is 4.03. The van der Waals surface area contributed by atoms with Crippen molar-refractivity contribution in [2.24, 2.45) is 0 Å². The van der Waals surface area contributed by atoms with Crippen molar-refractivity contribution in [2.45, 2.75) is 11.8 Å². The van der Waals surface area contributed by atoms with Crippen LogP contribution in [-0.2, 0) is 10.0 Å². The molecule has 0 radical (unpaired) electrons. The van der Waals surface area contributed by atoms with Gasteiger partial charge in [-0.1, -0.05) is 17.7 Å². The normalized spacial score (nSPS) is 19.3. The van der Waals surface area contributed by atoms with Gasteiger partial charge in [0.1, 0.15) is 18.0 Å². The summed E-state index contributed by atoms with van der Waals surface area (Å²) in [4.78, 5) is 0.433. The SMILES string of the molecule is Cc1ccc(S(=O)(=O)[N+]2(C)CC2)cc1. The Morgan fingerprint density at radius 1 is 1.14 bits per heavy atom. The summed E-state index contributed by atoms with van der Waals surface area (Å²) in [7, 11) is -1.39. The van der Waals surface area contributed by atoms with Gasteiger partial charge in [0.25, 0.3) is 0 Å². The molecule has 3 nitrogen and oxygen atoms in total. The van der Waals surface area contributed by atoms with Crippen LogP contribution in [0, 0.1) is 6.92 Å². The minimum Gasteiger partial charge on any atom is -0.207 e. The molecule has 1 aromatic carbocycles. The van der Waals surface area contributed by atoms with E-state index in [9.17, 15) is 8.42 Å². The molecule has 0 spiro atoms. The first-order valence-electron chi connectivity index (χ1n) is 4.62. The monoisotopic (exact) mass is 212 g/mol. The van der Waals surface area contributed by atoms with Crippen molar-refractivity contribution in [2.75, 3.05) is 20.1 Å². The molecule has 76 valence electrons. The van der Waals surface area contributed by atoms with Gasteiger partial charge in [-0.15, -0.1) is 0 Å². The summed E-state index contributed by atoms with van der Waals surface area (Å²) in [6, 6.07) is 7.05. The maximum Gasteiger partial charge on any atom is 0.327 e. The van der Waals surface area contributed by atoms with Crippen LogP contribution in [0.25, 0.3) is 0 Å². The number of quaternary nitrogens is 1. The van der Waals surface area contributed by atoms with Gasteiger partial charge in [-0.25, -0.2) is 3.89 Å². The summed E-state index contributed by atoms with van der Waals surface area (Å²) < 4.78 is 24.2. The van der Waals surface area contributed by atoms with Crippen molar-refractivity contribution in [3.8, 4) is 0 Å². The quantitative estimate of drug-likeness (QED) is 0.544. The van der Waals surface area contributed by atoms with Crippen LogP contribution in [0.15, 0.2) is 29.2 Å². The zero-order valence-corrected chi connectivity index (χ0v) is 9.21. The Morgan fingerprint density at radius 2 is 1.64 bits per heavy atom. The van der Waals surface area contributed by atoms with E-state index in [0.717, 1.165) is 18.7 Å². The molecular weight excluding hydrogens is 198 g/mol. The van der Waals surface area contributed by atoms with Gasteiger partial charge in [-0.2, -0.15) is 8.42 Å². The summed E-state index contributed by atoms with van der Waals surface area (Å²) in [5.41, 5.74) is 1.08. The van der Waals surface area contributed by atoms with E-state index in [2.05, 4.69) is 0 Å². The number of benzene rings is 1. The molecule has 14 heavy (non-hydrogen) atoms. The molecule has 0 atom stereocenters. The van der Waals surface area contributed by atoms with E-state index in [1.807, 2.05) is 19.1 Å². The zero-order valence-electron chi connectivity index (χ0n) is 8.40. The number of hydrogen-bond acceptors (Lipinski definition) is 2. The summed E-state index contributed by atoms with van der Waals surface area (Å²) in [5, 5.41) is 0. The predicted molar refractivity (Wildman–Crippen MR) is 54.3 cm³/mol. The van der Waals surface area contributed by atoms with Crippen LogP contribution in [-0.4, -0.2) is 32.4 Å². The maximum absolute atomic E-state index is 12.0. The molecule has 0 unspecified atom stereocenters. The highest BCUT2D eigenvalue weighted by molar-refractivity contribution is 7.86. The lowest BCUT2D eigenvalue weighted by atomic mass is 10.2. The van der Waals surface area contributed by atoms with Gasteiger partial charge in [0, 0.05) is 0 Å². The molecule has 4 heteroatoms. The average molecular weight is 212 g/mol. The van der Waals surface area contributed by atoms with Crippen LogP contribution in [0.2, 0.25) is 0 Å². The Morgan fingerprint density at radius 3 is 2.07 bits per heavy atom. The summed E-state index contributed by atoms with van der Waals surface area (Å²) >= 11 is 0. The lowest BCUT2D eigenvalue weighted by Gasteiger charge is -2.11. The molecule has 1 aliphatic rings. The molecule has 0 bridgehead atoms. The zero-order chi connectivity index (χ0) is 10.4. The van der Waals surface area contributed by atoms with Crippen molar-refractivity contribution in [3.63, 3.8) is 0 Å². The van der Waals surface area contributed by atoms with Crippen molar-refractivity contribution in [1.29, 1.82) is 0 Å². The molecule has 1 saturated heterocycles. The van der Waals surface area contributed by atoms with Gasteiger partial charge < -0.3 is 0 Å². The number of sulfonamides is 1. The van der Waals surface area contributed by atoms with E-state index in [0.29, 0.717) is 4.90 Å². The molecular formula is C10H14NO2S+. The van der Waals surface area contributed by atoms with Crippen molar-refractivity contribution in [1.82, 2.24) is 0 Å². The summed E-state index contributed by atoms with van der Waals surface area (Å²) in [5.74, 6) is 0. The fraction of sp³-hybridized carbons (Fsp3) is 0.400. The molecule has 1 aliphatic heterocycles. The third-order valence-electron chi connectivity index (χ3n) is 2.75. The summed E-state index contributed by atoms with van der Waals surface area (Å²) in [6.45, 7) is 3.41. The Balaban J connectivity index is 2.45. The third kappa shape index (κ3) is 1.35. The van der Waals surface area contributed by atoms with Crippen LogP contribution in [0.1, 0.15) is 5.56 Å². The van der Waals surface area contributed by atoms with Crippen molar-refractivity contribution < 1.29 is 12.3 Å². The van der Waals surface area contributed by atoms with E-state index in [4.69, 9.17) is 0 Å². The van der Waals surface area contributed by atoms with Crippen LogP contribution >= 0.6 is 0 Å². The maximum atomic E-state index is 12.0. The Kier molecular flexibility index (Phi) is 1.94. The van der Waals surface area contributed by atoms with Crippen LogP contribution in [0.4, 0.5) is 0 Å². The van der Waals surface area contributed by atoms with Crippen molar-refractivity contribution in [3.05, 3.63) is 29.8 Å².